The average molecular weight is 571 g/mol. The van der Waals surface area contributed by atoms with Crippen LogP contribution in [0.2, 0.25) is 0 Å². The Morgan fingerprint density at radius 1 is 1.14 bits per heavy atom. The van der Waals surface area contributed by atoms with Crippen molar-refractivity contribution in [1.82, 2.24) is 25.4 Å². The molecule has 4 aromatic rings. The van der Waals surface area contributed by atoms with Gasteiger partial charge in [0.05, 0.1) is 11.5 Å². The predicted octanol–water partition coefficient (Wildman–Crippen LogP) is 2.94. The number of carbonyl (C=O) groups excluding carboxylic acids is 2. The number of hydrogen-bond donors (Lipinski definition) is 4. The van der Waals surface area contributed by atoms with Gasteiger partial charge in [-0.15, -0.1) is 5.10 Å². The molecule has 12 nitrogen and oxygen atoms in total. The zero-order chi connectivity index (χ0) is 29.9. The van der Waals surface area contributed by atoms with Crippen LogP contribution >= 0.6 is 0 Å². The van der Waals surface area contributed by atoms with Gasteiger partial charge >= 0.3 is 0 Å². The van der Waals surface area contributed by atoms with Gasteiger partial charge in [0, 0.05) is 51.6 Å². The van der Waals surface area contributed by atoms with Gasteiger partial charge in [0.1, 0.15) is 17.0 Å². The number of pyridine rings is 1. The first-order valence-electron chi connectivity index (χ1n) is 13.6. The molecule has 218 valence electrons. The minimum absolute atomic E-state index is 0.180. The van der Waals surface area contributed by atoms with Crippen molar-refractivity contribution in [1.29, 1.82) is 0 Å². The Labute approximate surface area is 243 Å². The van der Waals surface area contributed by atoms with Crippen LogP contribution in [0.5, 0.6) is 0 Å². The quantitative estimate of drug-likeness (QED) is 0.142. The number of anilines is 1. The lowest BCUT2D eigenvalue weighted by Crippen LogP contribution is -2.53. The number of nitrogens with two attached hydrogens (primary N) is 1. The third-order valence-corrected chi connectivity index (χ3v) is 7.41. The topological polar surface area (TPSA) is 162 Å². The molecule has 2 aromatic carbocycles. The van der Waals surface area contributed by atoms with Crippen molar-refractivity contribution in [3.8, 4) is 11.5 Å². The third kappa shape index (κ3) is 6.09. The molecule has 1 fully saturated rings. The Hall–Kier alpha value is -4.81. The van der Waals surface area contributed by atoms with Gasteiger partial charge in [-0.05, 0) is 48.7 Å². The fourth-order valence-corrected chi connectivity index (χ4v) is 5.24. The molecular formula is C30H34N8O4. The Balaban J connectivity index is 1.33. The van der Waals surface area contributed by atoms with Gasteiger partial charge in [0.25, 0.3) is 5.91 Å². The van der Waals surface area contributed by atoms with Crippen molar-refractivity contribution in [3.05, 3.63) is 78.1 Å². The number of fused-ring (bicyclic) bond motifs is 1. The highest BCUT2D eigenvalue weighted by atomic mass is 16.3. The number of amidine groups is 1. The summed E-state index contributed by atoms with van der Waals surface area (Å²) >= 11 is 0. The lowest BCUT2D eigenvalue weighted by atomic mass is 9.75. The monoisotopic (exact) mass is 570 g/mol. The number of nitrogens with one attached hydrogen (secondary N) is 2. The molecule has 0 radical (unpaired) electrons. The third-order valence-electron chi connectivity index (χ3n) is 7.41. The summed E-state index contributed by atoms with van der Waals surface area (Å²) in [6, 6.07) is 18.1. The fraction of sp³-hybridized carbons (Fsp3) is 0.300. The van der Waals surface area contributed by atoms with E-state index in [2.05, 4.69) is 25.8 Å². The summed E-state index contributed by atoms with van der Waals surface area (Å²) in [5.74, 6) is -0.381. The molecule has 1 saturated heterocycles. The van der Waals surface area contributed by atoms with E-state index in [1.165, 1.54) is 12.0 Å². The van der Waals surface area contributed by atoms with Crippen LogP contribution in [0.25, 0.3) is 22.6 Å². The predicted molar refractivity (Wildman–Crippen MR) is 159 cm³/mol. The van der Waals surface area contributed by atoms with Crippen molar-refractivity contribution >= 4 is 34.4 Å². The molecule has 5 rings (SSSR count). The normalized spacial score (nSPS) is 15.8. The van der Waals surface area contributed by atoms with Crippen molar-refractivity contribution in [2.75, 3.05) is 32.5 Å². The van der Waals surface area contributed by atoms with E-state index < -0.39 is 11.5 Å². The van der Waals surface area contributed by atoms with Gasteiger partial charge in [-0.25, -0.2) is 15.5 Å². The number of hydrazine groups is 1. The van der Waals surface area contributed by atoms with E-state index in [4.69, 9.17) is 10.2 Å². The summed E-state index contributed by atoms with van der Waals surface area (Å²) in [7, 11) is 3.45. The van der Waals surface area contributed by atoms with E-state index in [1.54, 1.807) is 55.5 Å². The van der Waals surface area contributed by atoms with E-state index >= 15 is 0 Å². The lowest BCUT2D eigenvalue weighted by Gasteiger charge is -2.43. The second-order valence-corrected chi connectivity index (χ2v) is 10.3. The molecule has 2 amide bonds. The number of benzene rings is 2. The molecule has 5 N–H and O–H groups in total. The molecule has 0 spiro atoms. The molecule has 0 aliphatic carbocycles. The van der Waals surface area contributed by atoms with Gasteiger partial charge in [-0.2, -0.15) is 0 Å². The number of aliphatic hydroxyl groups is 1. The van der Waals surface area contributed by atoms with E-state index in [0.29, 0.717) is 54.2 Å². The highest BCUT2D eigenvalue weighted by molar-refractivity contribution is 5.94. The number of rotatable bonds is 8. The van der Waals surface area contributed by atoms with Crippen molar-refractivity contribution < 1.29 is 19.1 Å². The molecule has 12 heteroatoms. The molecule has 1 aliphatic heterocycles. The number of amides is 2. The van der Waals surface area contributed by atoms with Gasteiger partial charge in [-0.1, -0.05) is 30.3 Å². The van der Waals surface area contributed by atoms with Gasteiger partial charge in [0.2, 0.25) is 11.8 Å². The molecular weight excluding hydrogens is 536 g/mol. The van der Waals surface area contributed by atoms with E-state index in [9.17, 15) is 14.7 Å². The zero-order valence-electron chi connectivity index (χ0n) is 23.7. The maximum Gasteiger partial charge on any atom is 0.272 e. The SMILES string of the molecule is CNN(C)/N=C(\N)C(c1ccccc1)C1(O)CCN(C(=O)c2cc(-c3nc4cc(NC(C)=O)ccc4o3)ccn2)CC1. The summed E-state index contributed by atoms with van der Waals surface area (Å²) in [6.07, 6.45) is 2.15. The summed E-state index contributed by atoms with van der Waals surface area (Å²) < 4.78 is 5.91. The molecule has 1 unspecified atom stereocenters. The number of hydrogen-bond acceptors (Lipinski definition) is 9. The van der Waals surface area contributed by atoms with Crippen molar-refractivity contribution in [3.63, 3.8) is 0 Å². The second kappa shape index (κ2) is 12.0. The summed E-state index contributed by atoms with van der Waals surface area (Å²) in [6.45, 7) is 2.06. The van der Waals surface area contributed by atoms with Crippen LogP contribution in [0, 0.1) is 0 Å². The molecule has 42 heavy (non-hydrogen) atoms. The lowest BCUT2D eigenvalue weighted by molar-refractivity contribution is -0.114. The first-order valence-corrected chi connectivity index (χ1v) is 13.6. The summed E-state index contributed by atoms with van der Waals surface area (Å²) in [5.41, 5.74) is 11.6. The van der Waals surface area contributed by atoms with E-state index in [1.807, 2.05) is 30.3 Å². The zero-order valence-corrected chi connectivity index (χ0v) is 23.7. The highest BCUT2D eigenvalue weighted by Crippen LogP contribution is 2.37. The van der Waals surface area contributed by atoms with Gasteiger partial charge in [-0.3, -0.25) is 14.6 Å². The molecule has 0 saturated carbocycles. The minimum Gasteiger partial charge on any atom is -0.436 e. The Morgan fingerprint density at radius 2 is 1.88 bits per heavy atom. The number of oxazole rings is 1. The van der Waals surface area contributed by atoms with Gasteiger partial charge in [0.15, 0.2) is 5.58 Å². The average Bonchev–Trinajstić information content (AvgIpc) is 3.41. The molecule has 2 aromatic heterocycles. The number of carbonyl (C=O) groups is 2. The van der Waals surface area contributed by atoms with Crippen molar-refractivity contribution in [2.45, 2.75) is 31.3 Å². The molecule has 3 heterocycles. The maximum absolute atomic E-state index is 13.5. The van der Waals surface area contributed by atoms with Crippen LogP contribution in [0.15, 0.2) is 76.4 Å². The fourth-order valence-electron chi connectivity index (χ4n) is 5.24. The molecule has 1 atom stereocenters. The van der Waals surface area contributed by atoms with Crippen LogP contribution in [0.3, 0.4) is 0 Å². The number of piperidine rings is 1. The minimum atomic E-state index is -1.20. The van der Waals surface area contributed by atoms with Gasteiger partial charge < -0.3 is 25.5 Å². The largest absolute Gasteiger partial charge is 0.436 e. The Bertz CT molecular complexity index is 1610. The summed E-state index contributed by atoms with van der Waals surface area (Å²) in [4.78, 5) is 35.4. The van der Waals surface area contributed by atoms with Crippen LogP contribution in [0.4, 0.5) is 5.69 Å². The Morgan fingerprint density at radius 3 is 2.57 bits per heavy atom. The Kier molecular flexibility index (Phi) is 8.18. The van der Waals surface area contributed by atoms with Crippen LogP contribution in [-0.4, -0.2) is 75.5 Å². The summed E-state index contributed by atoms with van der Waals surface area (Å²) in [5, 5.41) is 20.5. The van der Waals surface area contributed by atoms with E-state index in [-0.39, 0.29) is 23.3 Å². The smallest absolute Gasteiger partial charge is 0.272 e. The highest BCUT2D eigenvalue weighted by Gasteiger charge is 2.44. The number of nitrogens with zero attached hydrogens (tertiary/aromatic N) is 5. The van der Waals surface area contributed by atoms with E-state index in [0.717, 1.165) is 5.56 Å². The standard InChI is InChI=1S/C30H34N8O4/c1-19(39)34-22-9-10-25-23(18-22)35-28(42-25)21-11-14-33-24(17-21)29(40)38-15-12-30(41,13-16-38)26(20-7-5-4-6-8-20)27(31)36-37(3)32-2/h4-11,14,17-18,26,32,41H,12-13,15-16H2,1-3H3,(H2,31,36)(H,34,39). The second-order valence-electron chi connectivity index (χ2n) is 10.3. The van der Waals surface area contributed by atoms with Crippen LogP contribution in [0.1, 0.15) is 41.7 Å². The number of likely N-dealkylation sites (tertiary alicyclic amines) is 1. The number of aromatic nitrogens is 2. The maximum atomic E-state index is 13.5. The molecule has 0 bridgehead atoms. The number of hydrazone groups is 1. The van der Waals surface area contributed by atoms with Crippen LogP contribution in [-0.2, 0) is 4.79 Å². The van der Waals surface area contributed by atoms with Crippen molar-refractivity contribution in [2.24, 2.45) is 10.8 Å². The first kappa shape index (κ1) is 28.7. The first-order chi connectivity index (χ1) is 20.2. The molecule has 1 aliphatic rings. The van der Waals surface area contributed by atoms with Crippen LogP contribution < -0.4 is 16.5 Å².